The zero-order valence-electron chi connectivity index (χ0n) is 13.1. The highest BCUT2D eigenvalue weighted by Crippen LogP contribution is 2.20. The van der Waals surface area contributed by atoms with Crippen LogP contribution in [0.15, 0.2) is 28.8 Å². The lowest BCUT2D eigenvalue weighted by Gasteiger charge is -1.99. The minimum absolute atomic E-state index is 0.171. The standard InChI is InChI=1S/C15H15N5O3S/c1-9-18-19-15(24-9)16-12(21)7-8-13-17-14(20-23-13)10-3-5-11(22-2)6-4-10/h3-6H,7-8H2,1-2H3,(H,16,19,21). The van der Waals surface area contributed by atoms with E-state index in [4.69, 9.17) is 9.26 Å². The Morgan fingerprint density at radius 1 is 1.29 bits per heavy atom. The summed E-state index contributed by atoms with van der Waals surface area (Å²) in [5.74, 6) is 1.47. The molecular weight excluding hydrogens is 330 g/mol. The fraction of sp³-hybridized carbons (Fsp3) is 0.267. The lowest BCUT2D eigenvalue weighted by molar-refractivity contribution is -0.116. The molecule has 0 fully saturated rings. The van der Waals surface area contributed by atoms with E-state index in [9.17, 15) is 4.79 Å². The van der Waals surface area contributed by atoms with E-state index >= 15 is 0 Å². The molecule has 1 aromatic carbocycles. The molecule has 0 saturated heterocycles. The number of nitrogens with one attached hydrogen (secondary N) is 1. The van der Waals surface area contributed by atoms with E-state index in [2.05, 4.69) is 25.7 Å². The molecule has 24 heavy (non-hydrogen) atoms. The summed E-state index contributed by atoms with van der Waals surface area (Å²) in [6.45, 7) is 1.83. The van der Waals surface area contributed by atoms with Crippen LogP contribution in [0.1, 0.15) is 17.3 Å². The van der Waals surface area contributed by atoms with Crippen molar-refractivity contribution in [3.63, 3.8) is 0 Å². The van der Waals surface area contributed by atoms with Gasteiger partial charge in [0.2, 0.25) is 22.8 Å². The minimum atomic E-state index is -0.171. The maximum Gasteiger partial charge on any atom is 0.227 e. The third-order valence-corrected chi connectivity index (χ3v) is 3.91. The van der Waals surface area contributed by atoms with Crippen molar-refractivity contribution in [1.82, 2.24) is 20.3 Å². The number of hydrogen-bond donors (Lipinski definition) is 1. The third-order valence-electron chi connectivity index (χ3n) is 3.15. The number of nitrogens with zero attached hydrogens (tertiary/aromatic N) is 4. The SMILES string of the molecule is COc1ccc(-c2noc(CCC(=O)Nc3nnc(C)s3)n2)cc1. The molecule has 3 rings (SSSR count). The monoisotopic (exact) mass is 345 g/mol. The molecule has 0 bridgehead atoms. The highest BCUT2D eigenvalue weighted by atomic mass is 32.1. The molecule has 0 spiro atoms. The molecule has 124 valence electrons. The quantitative estimate of drug-likeness (QED) is 0.732. The van der Waals surface area contributed by atoms with Gasteiger partial charge in [-0.05, 0) is 31.2 Å². The van der Waals surface area contributed by atoms with Crippen LogP contribution >= 0.6 is 11.3 Å². The van der Waals surface area contributed by atoms with Gasteiger partial charge < -0.3 is 14.6 Å². The zero-order valence-corrected chi connectivity index (χ0v) is 14.0. The maximum atomic E-state index is 11.9. The molecule has 0 saturated carbocycles. The number of amides is 1. The molecule has 1 N–H and O–H groups in total. The molecule has 2 aromatic heterocycles. The van der Waals surface area contributed by atoms with Gasteiger partial charge in [-0.25, -0.2) is 0 Å². The second kappa shape index (κ2) is 7.18. The van der Waals surface area contributed by atoms with Gasteiger partial charge in [-0.3, -0.25) is 4.79 Å². The second-order valence-corrected chi connectivity index (χ2v) is 6.10. The summed E-state index contributed by atoms with van der Waals surface area (Å²) < 4.78 is 10.3. The Bertz CT molecular complexity index is 828. The Morgan fingerprint density at radius 2 is 2.08 bits per heavy atom. The van der Waals surface area contributed by atoms with Crippen LogP contribution in [-0.2, 0) is 11.2 Å². The van der Waals surface area contributed by atoms with Crippen LogP contribution in [0, 0.1) is 6.92 Å². The van der Waals surface area contributed by atoms with Crippen molar-refractivity contribution < 1.29 is 14.1 Å². The van der Waals surface area contributed by atoms with E-state index in [0.29, 0.717) is 23.3 Å². The van der Waals surface area contributed by atoms with Crippen LogP contribution in [0.3, 0.4) is 0 Å². The van der Waals surface area contributed by atoms with Gasteiger partial charge >= 0.3 is 0 Å². The predicted octanol–water partition coefficient (Wildman–Crippen LogP) is 2.48. The highest BCUT2D eigenvalue weighted by molar-refractivity contribution is 7.15. The van der Waals surface area contributed by atoms with Crippen LogP contribution in [-0.4, -0.2) is 33.4 Å². The smallest absolute Gasteiger partial charge is 0.227 e. The lowest BCUT2D eigenvalue weighted by atomic mass is 10.2. The normalized spacial score (nSPS) is 10.6. The summed E-state index contributed by atoms with van der Waals surface area (Å²) in [4.78, 5) is 16.2. The van der Waals surface area contributed by atoms with Crippen molar-refractivity contribution in [2.45, 2.75) is 19.8 Å². The topological polar surface area (TPSA) is 103 Å². The first-order valence-corrected chi connectivity index (χ1v) is 8.02. The number of aryl methyl sites for hydroxylation is 2. The predicted molar refractivity (Wildman–Crippen MR) is 87.9 cm³/mol. The first-order valence-electron chi connectivity index (χ1n) is 7.21. The summed E-state index contributed by atoms with van der Waals surface area (Å²) in [5.41, 5.74) is 0.819. The Kier molecular flexibility index (Phi) is 4.80. The summed E-state index contributed by atoms with van der Waals surface area (Å²) in [6, 6.07) is 7.33. The Labute approximate surface area is 141 Å². The summed E-state index contributed by atoms with van der Waals surface area (Å²) in [5, 5.41) is 15.6. The van der Waals surface area contributed by atoms with Gasteiger partial charge in [0.05, 0.1) is 7.11 Å². The molecule has 0 unspecified atom stereocenters. The van der Waals surface area contributed by atoms with Gasteiger partial charge in [-0.15, -0.1) is 10.2 Å². The van der Waals surface area contributed by atoms with Crippen molar-refractivity contribution in [2.24, 2.45) is 0 Å². The van der Waals surface area contributed by atoms with Gasteiger partial charge in [0.15, 0.2) is 0 Å². The number of ether oxygens (including phenoxy) is 1. The number of aromatic nitrogens is 4. The summed E-state index contributed by atoms with van der Waals surface area (Å²) in [7, 11) is 1.61. The number of anilines is 1. The molecule has 2 heterocycles. The summed E-state index contributed by atoms with van der Waals surface area (Å²) in [6.07, 6.45) is 0.579. The lowest BCUT2D eigenvalue weighted by Crippen LogP contribution is -2.12. The van der Waals surface area contributed by atoms with E-state index in [1.54, 1.807) is 7.11 Å². The minimum Gasteiger partial charge on any atom is -0.497 e. The molecule has 3 aromatic rings. The Hall–Kier alpha value is -2.81. The fourth-order valence-electron chi connectivity index (χ4n) is 1.96. The Morgan fingerprint density at radius 3 is 2.75 bits per heavy atom. The zero-order chi connectivity index (χ0) is 16.9. The molecule has 8 nitrogen and oxygen atoms in total. The van der Waals surface area contributed by atoms with E-state index in [1.165, 1.54) is 11.3 Å². The highest BCUT2D eigenvalue weighted by Gasteiger charge is 2.12. The second-order valence-electron chi connectivity index (χ2n) is 4.91. The van der Waals surface area contributed by atoms with E-state index in [1.807, 2.05) is 31.2 Å². The largest absolute Gasteiger partial charge is 0.497 e. The average molecular weight is 345 g/mol. The van der Waals surface area contributed by atoms with Crippen LogP contribution in [0.2, 0.25) is 0 Å². The maximum absolute atomic E-state index is 11.9. The molecule has 0 atom stereocenters. The fourth-order valence-corrected chi connectivity index (χ4v) is 2.57. The number of rotatable bonds is 6. The summed E-state index contributed by atoms with van der Waals surface area (Å²) >= 11 is 1.33. The van der Waals surface area contributed by atoms with Gasteiger partial charge in [-0.1, -0.05) is 16.5 Å². The van der Waals surface area contributed by atoms with Gasteiger partial charge in [0.25, 0.3) is 0 Å². The molecule has 0 aliphatic carbocycles. The molecule has 0 aliphatic rings. The number of carbonyl (C=O) groups is 1. The molecule has 0 aliphatic heterocycles. The molecular formula is C15H15N5O3S. The van der Waals surface area contributed by atoms with Crippen LogP contribution < -0.4 is 10.1 Å². The van der Waals surface area contributed by atoms with Crippen molar-refractivity contribution in [3.8, 4) is 17.1 Å². The molecule has 9 heteroatoms. The number of carbonyl (C=O) groups excluding carboxylic acids is 1. The van der Waals surface area contributed by atoms with E-state index in [-0.39, 0.29) is 12.3 Å². The Balaban J connectivity index is 1.56. The van der Waals surface area contributed by atoms with Crippen LogP contribution in [0.5, 0.6) is 5.75 Å². The van der Waals surface area contributed by atoms with Gasteiger partial charge in [-0.2, -0.15) is 4.98 Å². The van der Waals surface area contributed by atoms with Crippen molar-refractivity contribution in [1.29, 1.82) is 0 Å². The first-order chi connectivity index (χ1) is 11.6. The third kappa shape index (κ3) is 3.93. The van der Waals surface area contributed by atoms with E-state index < -0.39 is 0 Å². The number of methoxy groups -OCH3 is 1. The van der Waals surface area contributed by atoms with Crippen LogP contribution in [0.25, 0.3) is 11.4 Å². The molecule has 0 radical (unpaired) electrons. The van der Waals surface area contributed by atoms with Crippen molar-refractivity contribution in [3.05, 3.63) is 35.2 Å². The van der Waals surface area contributed by atoms with E-state index in [0.717, 1.165) is 16.3 Å². The van der Waals surface area contributed by atoms with Gasteiger partial charge in [0.1, 0.15) is 10.8 Å². The number of hydrogen-bond acceptors (Lipinski definition) is 8. The van der Waals surface area contributed by atoms with Gasteiger partial charge in [0, 0.05) is 18.4 Å². The first kappa shape index (κ1) is 16.1. The molecule has 1 amide bonds. The van der Waals surface area contributed by atoms with Crippen molar-refractivity contribution >= 4 is 22.4 Å². The number of benzene rings is 1. The average Bonchev–Trinajstić information content (AvgIpc) is 3.22. The van der Waals surface area contributed by atoms with Crippen LogP contribution in [0.4, 0.5) is 5.13 Å². The van der Waals surface area contributed by atoms with Crippen molar-refractivity contribution in [2.75, 3.05) is 12.4 Å².